The summed E-state index contributed by atoms with van der Waals surface area (Å²) in [4.78, 5) is 6.40. The molecule has 0 aliphatic heterocycles. The second-order valence-corrected chi connectivity index (χ2v) is 4.31. The van der Waals surface area contributed by atoms with Gasteiger partial charge in [-0.15, -0.1) is 0 Å². The molecule has 1 aromatic heterocycles. The van der Waals surface area contributed by atoms with Crippen LogP contribution in [0.1, 0.15) is 26.5 Å². The minimum absolute atomic E-state index is 0.866. The third kappa shape index (κ3) is 4.29. The first kappa shape index (κ1) is 13.9. The van der Waals surface area contributed by atoms with Gasteiger partial charge < -0.3 is 0 Å². The van der Waals surface area contributed by atoms with Gasteiger partial charge in [0, 0.05) is 0 Å². The summed E-state index contributed by atoms with van der Waals surface area (Å²) < 4.78 is 0.935. The van der Waals surface area contributed by atoms with Gasteiger partial charge in [0.05, 0.1) is 0 Å². The van der Waals surface area contributed by atoms with E-state index in [4.69, 9.17) is 0 Å². The van der Waals surface area contributed by atoms with Crippen LogP contribution in [-0.2, 0) is 0 Å². The van der Waals surface area contributed by atoms with Crippen LogP contribution >= 0.6 is 0 Å². The van der Waals surface area contributed by atoms with Crippen molar-refractivity contribution in [3.8, 4) is 0 Å². The molecule has 0 aliphatic carbocycles. The van der Waals surface area contributed by atoms with Gasteiger partial charge in [0.15, 0.2) is 0 Å². The summed E-state index contributed by atoms with van der Waals surface area (Å²) in [6.07, 6.45) is 1.77. The molecule has 1 rings (SSSR count). The van der Waals surface area contributed by atoms with Crippen LogP contribution in [0.15, 0.2) is 29.5 Å². The zero-order chi connectivity index (χ0) is 12.7. The number of hydrogen-bond donors (Lipinski definition) is 1. The Hall–Kier alpha value is -1.19. The Morgan fingerprint density at radius 3 is 2.65 bits per heavy atom. The molecule has 0 bridgehead atoms. The van der Waals surface area contributed by atoms with Crippen LogP contribution in [0.4, 0.5) is 0 Å². The van der Waals surface area contributed by atoms with Crippen molar-refractivity contribution < 1.29 is 0 Å². The number of hydrogen-bond acceptors (Lipinski definition) is 4. The Balaban J connectivity index is 2.62. The molecule has 1 heterocycles. The standard InChI is InChI=1S/C12H18N4Se/c1-4-16(5-2)12(17)15-14-10(3)11-8-6-7-9-13-11/h6-9H,4-5H2,1-3H3,(H,15,17). The van der Waals surface area contributed by atoms with E-state index in [1.54, 1.807) is 6.20 Å². The van der Waals surface area contributed by atoms with Crippen molar-refractivity contribution in [2.24, 2.45) is 5.10 Å². The Bertz CT molecular complexity index is 385. The van der Waals surface area contributed by atoms with Crippen LogP contribution < -0.4 is 5.43 Å². The van der Waals surface area contributed by atoms with E-state index < -0.39 is 0 Å². The first-order chi connectivity index (χ1) is 8.19. The van der Waals surface area contributed by atoms with Gasteiger partial charge in [-0.25, -0.2) is 0 Å². The molecular weight excluding hydrogens is 279 g/mol. The fourth-order valence-electron chi connectivity index (χ4n) is 1.35. The quantitative estimate of drug-likeness (QED) is 0.484. The molecule has 0 radical (unpaired) electrons. The molecule has 0 aromatic carbocycles. The second kappa shape index (κ2) is 7.20. The van der Waals surface area contributed by atoms with Crippen molar-refractivity contribution in [3.05, 3.63) is 30.1 Å². The molecule has 0 atom stereocenters. The van der Waals surface area contributed by atoms with Crippen LogP contribution in [0, 0.1) is 0 Å². The van der Waals surface area contributed by atoms with Gasteiger partial charge in [-0.05, 0) is 0 Å². The number of nitrogens with zero attached hydrogens (tertiary/aromatic N) is 3. The average molecular weight is 297 g/mol. The van der Waals surface area contributed by atoms with Crippen LogP contribution in [0.2, 0.25) is 0 Å². The maximum absolute atomic E-state index is 4.31. The van der Waals surface area contributed by atoms with Crippen molar-refractivity contribution >= 4 is 26.0 Å². The van der Waals surface area contributed by atoms with E-state index in [1.807, 2.05) is 25.1 Å². The van der Waals surface area contributed by atoms with Crippen LogP contribution in [0.3, 0.4) is 0 Å². The summed E-state index contributed by atoms with van der Waals surface area (Å²) in [5.74, 6) is 0. The van der Waals surface area contributed by atoms with Gasteiger partial charge in [0.2, 0.25) is 0 Å². The first-order valence-corrected chi connectivity index (χ1v) is 6.55. The Labute approximate surface area is 110 Å². The van der Waals surface area contributed by atoms with Gasteiger partial charge in [0.25, 0.3) is 0 Å². The summed E-state index contributed by atoms with van der Waals surface area (Å²) in [5, 5.41) is 4.31. The van der Waals surface area contributed by atoms with Crippen LogP contribution in [0.25, 0.3) is 0 Å². The molecule has 1 aromatic rings. The molecule has 4 nitrogen and oxygen atoms in total. The third-order valence-electron chi connectivity index (χ3n) is 2.41. The molecule has 0 spiro atoms. The molecule has 0 aliphatic rings. The SMILES string of the molecule is CCN(CC)C(=[Se])NN=C(C)c1ccccn1. The van der Waals surface area contributed by atoms with E-state index in [2.05, 4.69) is 49.8 Å². The zero-order valence-corrected chi connectivity index (χ0v) is 12.2. The molecule has 0 saturated carbocycles. The van der Waals surface area contributed by atoms with Gasteiger partial charge in [-0.3, -0.25) is 0 Å². The number of nitrogens with one attached hydrogen (secondary N) is 1. The first-order valence-electron chi connectivity index (χ1n) is 5.69. The monoisotopic (exact) mass is 298 g/mol. The van der Waals surface area contributed by atoms with Crippen LogP contribution in [0.5, 0.6) is 0 Å². The van der Waals surface area contributed by atoms with Crippen molar-refractivity contribution in [2.45, 2.75) is 20.8 Å². The Morgan fingerprint density at radius 2 is 2.12 bits per heavy atom. The molecule has 17 heavy (non-hydrogen) atoms. The predicted molar refractivity (Wildman–Crippen MR) is 73.3 cm³/mol. The van der Waals surface area contributed by atoms with E-state index in [1.165, 1.54) is 0 Å². The molecule has 0 fully saturated rings. The van der Waals surface area contributed by atoms with Gasteiger partial charge in [-0.1, -0.05) is 0 Å². The number of pyridine rings is 1. The molecule has 0 unspecified atom stereocenters. The van der Waals surface area contributed by atoms with Crippen molar-refractivity contribution in [2.75, 3.05) is 13.1 Å². The summed E-state index contributed by atoms with van der Waals surface area (Å²) in [5.41, 5.74) is 4.77. The minimum atomic E-state index is 0.866. The zero-order valence-electron chi connectivity index (χ0n) is 10.5. The molecule has 1 N–H and O–H groups in total. The summed E-state index contributed by atoms with van der Waals surface area (Å²) in [6.45, 7) is 8.05. The molecule has 5 heteroatoms. The van der Waals surface area contributed by atoms with Gasteiger partial charge >= 0.3 is 110 Å². The fraction of sp³-hybridized carbons (Fsp3) is 0.417. The predicted octanol–water partition coefficient (Wildman–Crippen LogP) is 0.993. The summed E-state index contributed by atoms with van der Waals surface area (Å²) >= 11 is 2.99. The average Bonchev–Trinajstić information content (AvgIpc) is 2.38. The van der Waals surface area contributed by atoms with Crippen molar-refractivity contribution in [1.82, 2.24) is 15.3 Å². The van der Waals surface area contributed by atoms with Gasteiger partial charge in [0.1, 0.15) is 0 Å². The third-order valence-corrected chi connectivity index (χ3v) is 3.14. The van der Waals surface area contributed by atoms with Crippen molar-refractivity contribution in [1.29, 1.82) is 0 Å². The fourth-order valence-corrected chi connectivity index (χ4v) is 1.98. The summed E-state index contributed by atoms with van der Waals surface area (Å²) in [6, 6.07) is 5.79. The normalized spacial score (nSPS) is 11.1. The molecular formula is C12H18N4Se. The van der Waals surface area contributed by atoms with Crippen molar-refractivity contribution in [3.63, 3.8) is 0 Å². The number of hydrazone groups is 1. The second-order valence-electron chi connectivity index (χ2n) is 3.50. The molecule has 0 saturated heterocycles. The molecule has 92 valence electrons. The Kier molecular flexibility index (Phi) is 5.87. The van der Waals surface area contributed by atoms with E-state index in [0.717, 1.165) is 29.2 Å². The topological polar surface area (TPSA) is 40.5 Å². The maximum atomic E-state index is 4.31. The van der Waals surface area contributed by atoms with E-state index in [0.29, 0.717) is 0 Å². The van der Waals surface area contributed by atoms with E-state index >= 15 is 0 Å². The van der Waals surface area contributed by atoms with E-state index in [-0.39, 0.29) is 0 Å². The van der Waals surface area contributed by atoms with E-state index in [9.17, 15) is 0 Å². The number of aromatic nitrogens is 1. The van der Waals surface area contributed by atoms with Gasteiger partial charge in [-0.2, -0.15) is 0 Å². The summed E-state index contributed by atoms with van der Waals surface area (Å²) in [7, 11) is 0. The number of rotatable bonds is 6. The molecule has 0 amide bonds. The Morgan fingerprint density at radius 1 is 1.41 bits per heavy atom. The van der Waals surface area contributed by atoms with Crippen LogP contribution in [-0.4, -0.2) is 48.9 Å².